The van der Waals surface area contributed by atoms with Crippen molar-refractivity contribution in [2.75, 3.05) is 18.6 Å². The molecule has 0 radical (unpaired) electrons. The van der Waals surface area contributed by atoms with Crippen LogP contribution in [-0.2, 0) is 11.4 Å². The molecule has 1 aliphatic rings. The molecule has 3 aromatic rings. The number of carbonyl (C=O) groups excluding carboxylic acids is 1. The highest BCUT2D eigenvalue weighted by atomic mass is 79.9. The van der Waals surface area contributed by atoms with Crippen LogP contribution in [0, 0.1) is 0 Å². The van der Waals surface area contributed by atoms with Gasteiger partial charge in [0, 0.05) is 33.3 Å². The topological polar surface area (TPSA) is 38.8 Å². The van der Waals surface area contributed by atoms with Gasteiger partial charge >= 0.3 is 0 Å². The number of carbonyl (C=O) groups is 1. The van der Waals surface area contributed by atoms with Gasteiger partial charge in [0.15, 0.2) is 11.5 Å². The molecule has 0 unspecified atom stereocenters. The molecule has 0 fully saturated rings. The van der Waals surface area contributed by atoms with E-state index in [1.807, 2.05) is 55.5 Å². The molecule has 0 bridgehead atoms. The fourth-order valence-corrected chi connectivity index (χ4v) is 4.72. The highest BCUT2D eigenvalue weighted by Crippen LogP contribution is 2.41. The van der Waals surface area contributed by atoms with Gasteiger partial charge in [0.2, 0.25) is 0 Å². The molecule has 4 rings (SSSR count). The molecule has 0 saturated heterocycles. The second kappa shape index (κ2) is 9.57. The van der Waals surface area contributed by atoms with E-state index in [2.05, 4.69) is 15.9 Å². The van der Waals surface area contributed by atoms with Crippen LogP contribution in [0.4, 0.5) is 5.69 Å². The number of amides is 1. The molecule has 0 N–H and O–H groups in total. The predicted octanol–water partition coefficient (Wildman–Crippen LogP) is 7.25. The third kappa shape index (κ3) is 4.38. The minimum Gasteiger partial charge on any atom is -0.493 e. The second-order valence-corrected chi connectivity index (χ2v) is 8.88. The van der Waals surface area contributed by atoms with Crippen LogP contribution in [0.25, 0.3) is 11.6 Å². The molecular weight excluding hydrogens is 513 g/mol. The molecule has 3 aromatic carbocycles. The molecule has 0 spiro atoms. The van der Waals surface area contributed by atoms with Gasteiger partial charge in [0.25, 0.3) is 5.91 Å². The first-order valence-electron chi connectivity index (χ1n) is 10.00. The maximum Gasteiger partial charge on any atom is 0.258 e. The van der Waals surface area contributed by atoms with Crippen molar-refractivity contribution < 1.29 is 14.3 Å². The summed E-state index contributed by atoms with van der Waals surface area (Å²) in [5, 5.41) is 1.10. The first-order chi connectivity index (χ1) is 15.4. The summed E-state index contributed by atoms with van der Waals surface area (Å²) in [5.74, 6) is 1.08. The van der Waals surface area contributed by atoms with Crippen molar-refractivity contribution in [2.24, 2.45) is 0 Å². The van der Waals surface area contributed by atoms with Crippen molar-refractivity contribution in [3.05, 3.63) is 85.8 Å². The molecule has 1 aliphatic heterocycles. The number of ether oxygens (including phenoxy) is 2. The first-order valence-corrected chi connectivity index (χ1v) is 11.5. The van der Waals surface area contributed by atoms with Gasteiger partial charge in [-0.15, -0.1) is 0 Å². The van der Waals surface area contributed by atoms with Gasteiger partial charge in [0.05, 0.1) is 17.3 Å². The van der Waals surface area contributed by atoms with Crippen LogP contribution in [0.15, 0.2) is 59.1 Å². The Labute approximate surface area is 205 Å². The molecule has 1 heterocycles. The van der Waals surface area contributed by atoms with Gasteiger partial charge in [0.1, 0.15) is 6.61 Å². The number of para-hydroxylation sites is 1. The summed E-state index contributed by atoms with van der Waals surface area (Å²) in [6.07, 6.45) is 1.88. The third-order valence-electron chi connectivity index (χ3n) is 5.23. The lowest BCUT2D eigenvalue weighted by atomic mass is 10.0. The van der Waals surface area contributed by atoms with E-state index in [1.54, 1.807) is 24.1 Å². The first kappa shape index (κ1) is 22.7. The van der Waals surface area contributed by atoms with Crippen LogP contribution >= 0.6 is 39.1 Å². The van der Waals surface area contributed by atoms with Crippen molar-refractivity contribution in [3.8, 4) is 11.5 Å². The zero-order valence-electron chi connectivity index (χ0n) is 17.5. The van der Waals surface area contributed by atoms with E-state index >= 15 is 0 Å². The fourth-order valence-electron chi connectivity index (χ4n) is 3.68. The van der Waals surface area contributed by atoms with Crippen LogP contribution in [0.2, 0.25) is 10.0 Å². The second-order valence-electron chi connectivity index (χ2n) is 7.18. The summed E-state index contributed by atoms with van der Waals surface area (Å²) in [4.78, 5) is 14.8. The Kier molecular flexibility index (Phi) is 6.79. The van der Waals surface area contributed by atoms with E-state index in [-0.39, 0.29) is 12.5 Å². The molecule has 7 heteroatoms. The molecule has 4 nitrogen and oxygen atoms in total. The van der Waals surface area contributed by atoms with Crippen molar-refractivity contribution in [1.82, 2.24) is 0 Å². The van der Waals surface area contributed by atoms with E-state index in [0.29, 0.717) is 38.1 Å². The Morgan fingerprint density at radius 2 is 1.88 bits per heavy atom. The lowest BCUT2D eigenvalue weighted by Crippen LogP contribution is -2.25. The van der Waals surface area contributed by atoms with Crippen molar-refractivity contribution >= 4 is 62.4 Å². The van der Waals surface area contributed by atoms with Gasteiger partial charge in [-0.1, -0.05) is 47.5 Å². The smallest absolute Gasteiger partial charge is 0.258 e. The number of likely N-dealkylation sites (N-methyl/N-ethyl adjacent to an activating group) is 1. The van der Waals surface area contributed by atoms with Gasteiger partial charge in [-0.2, -0.15) is 0 Å². The number of benzene rings is 3. The zero-order valence-corrected chi connectivity index (χ0v) is 20.6. The minimum absolute atomic E-state index is 0.0125. The van der Waals surface area contributed by atoms with Crippen LogP contribution in [-0.4, -0.2) is 19.6 Å². The highest BCUT2D eigenvalue weighted by Gasteiger charge is 2.30. The number of hydrogen-bond acceptors (Lipinski definition) is 3. The Balaban J connectivity index is 1.66. The van der Waals surface area contributed by atoms with Gasteiger partial charge in [-0.05, 0) is 64.8 Å². The Hall–Kier alpha value is -2.47. The van der Waals surface area contributed by atoms with E-state index in [0.717, 1.165) is 22.4 Å². The molecular formula is C25H20BrCl2NO3. The van der Waals surface area contributed by atoms with Gasteiger partial charge < -0.3 is 14.4 Å². The molecule has 0 aliphatic carbocycles. The van der Waals surface area contributed by atoms with Crippen molar-refractivity contribution in [1.29, 1.82) is 0 Å². The molecule has 1 amide bonds. The average molecular weight is 533 g/mol. The lowest BCUT2D eigenvalue weighted by Gasteiger charge is -2.15. The fraction of sp³-hybridized carbons (Fsp3) is 0.160. The summed E-state index contributed by atoms with van der Waals surface area (Å²) < 4.78 is 12.3. The third-order valence-corrected chi connectivity index (χ3v) is 6.40. The Bertz CT molecular complexity index is 1230. The van der Waals surface area contributed by atoms with E-state index < -0.39 is 0 Å². The number of anilines is 1. The van der Waals surface area contributed by atoms with Crippen molar-refractivity contribution in [2.45, 2.75) is 13.5 Å². The normalized spacial score (nSPS) is 14.1. The molecule has 0 aromatic heterocycles. The summed E-state index contributed by atoms with van der Waals surface area (Å²) >= 11 is 15.8. The molecule has 0 atom stereocenters. The van der Waals surface area contributed by atoms with Gasteiger partial charge in [-0.3, -0.25) is 4.79 Å². The number of methoxy groups -OCH3 is 1. The zero-order chi connectivity index (χ0) is 22.8. The summed E-state index contributed by atoms with van der Waals surface area (Å²) in [6.45, 7) is 2.83. The maximum atomic E-state index is 13.0. The Morgan fingerprint density at radius 3 is 2.59 bits per heavy atom. The molecule has 32 heavy (non-hydrogen) atoms. The summed E-state index contributed by atoms with van der Waals surface area (Å²) in [7, 11) is 1.58. The summed E-state index contributed by atoms with van der Waals surface area (Å²) in [6, 6.07) is 16.8. The van der Waals surface area contributed by atoms with Crippen LogP contribution in [0.1, 0.15) is 23.6 Å². The quantitative estimate of drug-likeness (QED) is 0.314. The number of fused-ring (bicyclic) bond motifs is 1. The number of nitrogens with zero attached hydrogens (tertiary/aromatic N) is 1. The number of rotatable bonds is 6. The predicted molar refractivity (Wildman–Crippen MR) is 134 cm³/mol. The number of hydrogen-bond donors (Lipinski definition) is 0. The standard InChI is InChI=1S/C25H20BrCl2NO3/c1-3-29-22-7-5-4-6-18(22)19(25(29)30)10-15-11-20(26)24(23(12-15)31-2)32-14-16-8-9-17(27)13-21(16)28/h4-13H,3,14H2,1-2H3/b19-10-. The summed E-state index contributed by atoms with van der Waals surface area (Å²) in [5.41, 5.74) is 4.13. The number of halogens is 3. The van der Waals surface area contributed by atoms with Crippen molar-refractivity contribution in [3.63, 3.8) is 0 Å². The molecule has 0 saturated carbocycles. The lowest BCUT2D eigenvalue weighted by molar-refractivity contribution is -0.112. The van der Waals surface area contributed by atoms with Crippen LogP contribution < -0.4 is 14.4 Å². The van der Waals surface area contributed by atoms with E-state index in [4.69, 9.17) is 32.7 Å². The maximum absolute atomic E-state index is 13.0. The average Bonchev–Trinajstić information content (AvgIpc) is 3.04. The molecule has 164 valence electrons. The monoisotopic (exact) mass is 531 g/mol. The van der Waals surface area contributed by atoms with Crippen LogP contribution in [0.3, 0.4) is 0 Å². The van der Waals surface area contributed by atoms with E-state index in [9.17, 15) is 4.79 Å². The van der Waals surface area contributed by atoms with E-state index in [1.165, 1.54) is 0 Å². The van der Waals surface area contributed by atoms with Crippen LogP contribution in [0.5, 0.6) is 11.5 Å². The minimum atomic E-state index is -0.0125. The Morgan fingerprint density at radius 1 is 1.09 bits per heavy atom. The van der Waals surface area contributed by atoms with Gasteiger partial charge in [-0.25, -0.2) is 0 Å². The SMILES string of the molecule is CCN1C(=O)/C(=C\c2cc(Br)c(OCc3ccc(Cl)cc3Cl)c(OC)c2)c2ccccc21. The largest absolute Gasteiger partial charge is 0.493 e. The highest BCUT2D eigenvalue weighted by molar-refractivity contribution is 9.10.